The SMILES string of the molecule is C1C[C@H]2[C@@H](O1)O[C@@H]1COC[C@H]21. The second-order valence-electron chi connectivity index (χ2n) is 3.57. The molecule has 0 aromatic rings. The fraction of sp³-hybridized carbons (Fsp3) is 1.00. The van der Waals surface area contributed by atoms with Crippen LogP contribution in [0, 0.1) is 11.8 Å². The van der Waals surface area contributed by atoms with Gasteiger partial charge in [-0.3, -0.25) is 0 Å². The minimum Gasteiger partial charge on any atom is -0.378 e. The fourth-order valence-electron chi connectivity index (χ4n) is 2.40. The minimum atomic E-state index is 0.105. The molecule has 0 spiro atoms. The Kier molecular flexibility index (Phi) is 1.27. The van der Waals surface area contributed by atoms with Crippen molar-refractivity contribution in [2.45, 2.75) is 18.8 Å². The Balaban J connectivity index is 1.84. The summed E-state index contributed by atoms with van der Waals surface area (Å²) in [5.74, 6) is 1.25. The van der Waals surface area contributed by atoms with Crippen LogP contribution >= 0.6 is 0 Å². The normalized spacial score (nSPS) is 54.5. The Labute approximate surface area is 65.6 Å². The van der Waals surface area contributed by atoms with Crippen LogP contribution in [0.1, 0.15) is 6.42 Å². The van der Waals surface area contributed by atoms with Gasteiger partial charge < -0.3 is 14.2 Å². The number of hydrogen-bond donors (Lipinski definition) is 0. The van der Waals surface area contributed by atoms with Gasteiger partial charge in [-0.05, 0) is 6.42 Å². The lowest BCUT2D eigenvalue weighted by molar-refractivity contribution is -0.123. The van der Waals surface area contributed by atoms with Crippen LogP contribution < -0.4 is 0 Å². The van der Waals surface area contributed by atoms with E-state index in [4.69, 9.17) is 14.2 Å². The molecule has 3 fully saturated rings. The Morgan fingerprint density at radius 2 is 2.09 bits per heavy atom. The van der Waals surface area contributed by atoms with Gasteiger partial charge in [0, 0.05) is 11.8 Å². The van der Waals surface area contributed by atoms with Crippen LogP contribution in [0.2, 0.25) is 0 Å². The second-order valence-corrected chi connectivity index (χ2v) is 3.57. The Bertz CT molecular complexity index is 153. The summed E-state index contributed by atoms with van der Waals surface area (Å²) in [6.07, 6.45) is 1.61. The zero-order chi connectivity index (χ0) is 7.26. The van der Waals surface area contributed by atoms with Crippen molar-refractivity contribution in [1.29, 1.82) is 0 Å². The summed E-state index contributed by atoms with van der Waals surface area (Å²) in [4.78, 5) is 0. The maximum Gasteiger partial charge on any atom is 0.161 e. The molecule has 0 aromatic heterocycles. The third kappa shape index (κ3) is 0.789. The van der Waals surface area contributed by atoms with Gasteiger partial charge in [-0.1, -0.05) is 0 Å². The Hall–Kier alpha value is -0.120. The van der Waals surface area contributed by atoms with Gasteiger partial charge in [-0.15, -0.1) is 0 Å². The Morgan fingerprint density at radius 3 is 3.09 bits per heavy atom. The largest absolute Gasteiger partial charge is 0.378 e. The molecule has 0 aromatic carbocycles. The molecule has 3 aliphatic rings. The number of ether oxygens (including phenoxy) is 3. The Morgan fingerprint density at radius 1 is 1.09 bits per heavy atom. The van der Waals surface area contributed by atoms with Crippen molar-refractivity contribution >= 4 is 0 Å². The average Bonchev–Trinajstić information content (AvgIpc) is 2.52. The highest BCUT2D eigenvalue weighted by molar-refractivity contribution is 4.92. The molecule has 11 heavy (non-hydrogen) atoms. The highest BCUT2D eigenvalue weighted by Crippen LogP contribution is 2.42. The molecule has 0 bridgehead atoms. The number of hydrogen-bond acceptors (Lipinski definition) is 3. The van der Waals surface area contributed by atoms with Crippen molar-refractivity contribution in [3.63, 3.8) is 0 Å². The predicted octanol–water partition coefficient (Wildman–Crippen LogP) is 0.394. The van der Waals surface area contributed by atoms with Crippen LogP contribution in [0.25, 0.3) is 0 Å². The maximum atomic E-state index is 5.66. The summed E-state index contributed by atoms with van der Waals surface area (Å²) < 4.78 is 16.4. The van der Waals surface area contributed by atoms with Crippen molar-refractivity contribution in [3.05, 3.63) is 0 Å². The third-order valence-corrected chi connectivity index (χ3v) is 3.01. The van der Waals surface area contributed by atoms with Crippen molar-refractivity contribution < 1.29 is 14.2 Å². The monoisotopic (exact) mass is 156 g/mol. The van der Waals surface area contributed by atoms with Crippen LogP contribution in [-0.2, 0) is 14.2 Å². The van der Waals surface area contributed by atoms with E-state index in [1.54, 1.807) is 0 Å². The molecule has 3 saturated heterocycles. The first-order valence-corrected chi connectivity index (χ1v) is 4.30. The van der Waals surface area contributed by atoms with Crippen molar-refractivity contribution in [2.24, 2.45) is 11.8 Å². The van der Waals surface area contributed by atoms with Crippen LogP contribution in [-0.4, -0.2) is 32.2 Å². The van der Waals surface area contributed by atoms with E-state index in [-0.39, 0.29) is 6.29 Å². The first-order valence-electron chi connectivity index (χ1n) is 4.30. The van der Waals surface area contributed by atoms with Crippen LogP contribution in [0.4, 0.5) is 0 Å². The van der Waals surface area contributed by atoms with Gasteiger partial charge in [0.25, 0.3) is 0 Å². The summed E-state index contributed by atoms with van der Waals surface area (Å²) in [5.41, 5.74) is 0. The standard InChI is InChI=1S/C8H12O3/c1-2-10-8-5(1)6-3-9-4-7(6)11-8/h5-8H,1-4H2/t5-,6-,7-,8+/m1/s1. The van der Waals surface area contributed by atoms with Crippen molar-refractivity contribution in [3.8, 4) is 0 Å². The molecule has 3 heterocycles. The number of rotatable bonds is 0. The minimum absolute atomic E-state index is 0.105. The first-order chi connectivity index (χ1) is 5.45. The van der Waals surface area contributed by atoms with E-state index in [2.05, 4.69) is 0 Å². The molecular weight excluding hydrogens is 144 g/mol. The van der Waals surface area contributed by atoms with E-state index in [0.717, 1.165) is 26.2 Å². The molecule has 3 heteroatoms. The van der Waals surface area contributed by atoms with Crippen LogP contribution in [0.3, 0.4) is 0 Å². The average molecular weight is 156 g/mol. The van der Waals surface area contributed by atoms with Gasteiger partial charge in [0.1, 0.15) is 0 Å². The number of fused-ring (bicyclic) bond motifs is 3. The molecule has 0 N–H and O–H groups in total. The third-order valence-electron chi connectivity index (χ3n) is 3.01. The molecule has 62 valence electrons. The van der Waals surface area contributed by atoms with Gasteiger partial charge in [-0.2, -0.15) is 0 Å². The summed E-state index contributed by atoms with van der Waals surface area (Å²) in [6, 6.07) is 0. The lowest BCUT2D eigenvalue weighted by Crippen LogP contribution is -2.17. The van der Waals surface area contributed by atoms with E-state index in [1.807, 2.05) is 0 Å². The highest BCUT2D eigenvalue weighted by Gasteiger charge is 2.50. The van der Waals surface area contributed by atoms with E-state index in [0.29, 0.717) is 17.9 Å². The molecule has 0 amide bonds. The summed E-state index contributed by atoms with van der Waals surface area (Å²) in [7, 11) is 0. The van der Waals surface area contributed by atoms with Gasteiger partial charge in [0.05, 0.1) is 25.9 Å². The van der Waals surface area contributed by atoms with E-state index in [9.17, 15) is 0 Å². The maximum absolute atomic E-state index is 5.66. The molecule has 0 unspecified atom stereocenters. The zero-order valence-corrected chi connectivity index (χ0v) is 6.36. The van der Waals surface area contributed by atoms with Crippen molar-refractivity contribution in [1.82, 2.24) is 0 Å². The fourth-order valence-corrected chi connectivity index (χ4v) is 2.40. The molecule has 3 nitrogen and oxygen atoms in total. The second kappa shape index (κ2) is 2.19. The van der Waals surface area contributed by atoms with Crippen molar-refractivity contribution in [2.75, 3.05) is 19.8 Å². The molecular formula is C8H12O3. The predicted molar refractivity (Wildman–Crippen MR) is 37.0 cm³/mol. The molecule has 3 aliphatic heterocycles. The summed E-state index contributed by atoms with van der Waals surface area (Å²) in [6.45, 7) is 2.54. The van der Waals surface area contributed by atoms with Gasteiger partial charge in [0.15, 0.2) is 6.29 Å². The van der Waals surface area contributed by atoms with E-state index < -0.39 is 0 Å². The molecule has 0 aliphatic carbocycles. The molecule has 3 rings (SSSR count). The smallest absolute Gasteiger partial charge is 0.161 e. The van der Waals surface area contributed by atoms with E-state index >= 15 is 0 Å². The van der Waals surface area contributed by atoms with Gasteiger partial charge in [0.2, 0.25) is 0 Å². The van der Waals surface area contributed by atoms with Gasteiger partial charge >= 0.3 is 0 Å². The summed E-state index contributed by atoms with van der Waals surface area (Å²) >= 11 is 0. The lowest BCUT2D eigenvalue weighted by atomic mass is 9.91. The molecule has 0 saturated carbocycles. The van der Waals surface area contributed by atoms with E-state index in [1.165, 1.54) is 0 Å². The van der Waals surface area contributed by atoms with Crippen LogP contribution in [0.15, 0.2) is 0 Å². The quantitative estimate of drug-likeness (QED) is 0.508. The lowest BCUT2D eigenvalue weighted by Gasteiger charge is -2.09. The first kappa shape index (κ1) is 6.40. The van der Waals surface area contributed by atoms with Gasteiger partial charge in [-0.25, -0.2) is 0 Å². The van der Waals surface area contributed by atoms with Crippen LogP contribution in [0.5, 0.6) is 0 Å². The molecule has 0 radical (unpaired) electrons. The summed E-state index contributed by atoms with van der Waals surface area (Å²) in [5, 5.41) is 0. The topological polar surface area (TPSA) is 27.7 Å². The molecule has 4 atom stereocenters. The zero-order valence-electron chi connectivity index (χ0n) is 6.36. The highest BCUT2D eigenvalue weighted by atomic mass is 16.7.